The van der Waals surface area contributed by atoms with Crippen LogP contribution >= 0.6 is 11.6 Å². The Morgan fingerprint density at radius 1 is 1.12 bits per heavy atom. The largest absolute Gasteiger partial charge is 0.497 e. The molecular formula is C29H33ClN6O4. The Labute approximate surface area is 237 Å². The number of aromatic amines is 1. The number of hydrogen-bond acceptors (Lipinski definition) is 8. The second-order valence-corrected chi connectivity index (χ2v) is 10.1. The van der Waals surface area contributed by atoms with Gasteiger partial charge in [0, 0.05) is 37.8 Å². The monoisotopic (exact) mass is 564 g/mol. The SMILES string of the molecule is COc1ccc(CN2CCC(Nc3c(Cl)cnc4nc(-c5ccc(OCC(=O)NCCO)cc5)[nH]c34)CC2)cc1. The summed E-state index contributed by atoms with van der Waals surface area (Å²) in [6.45, 7) is 2.86. The van der Waals surface area contributed by atoms with Crippen molar-refractivity contribution >= 4 is 34.4 Å². The van der Waals surface area contributed by atoms with E-state index >= 15 is 0 Å². The van der Waals surface area contributed by atoms with Crippen LogP contribution in [0.4, 0.5) is 5.69 Å². The molecule has 0 radical (unpaired) electrons. The smallest absolute Gasteiger partial charge is 0.258 e. The van der Waals surface area contributed by atoms with Crippen LogP contribution in [0.3, 0.4) is 0 Å². The summed E-state index contributed by atoms with van der Waals surface area (Å²) in [4.78, 5) is 26.6. The molecule has 1 fully saturated rings. The fourth-order valence-corrected chi connectivity index (χ4v) is 4.94. The molecule has 1 amide bonds. The zero-order valence-electron chi connectivity index (χ0n) is 22.3. The van der Waals surface area contributed by atoms with Crippen molar-refractivity contribution in [1.82, 2.24) is 25.2 Å². The lowest BCUT2D eigenvalue weighted by Gasteiger charge is -2.33. The number of likely N-dealkylation sites (tertiary alicyclic amines) is 1. The van der Waals surface area contributed by atoms with Gasteiger partial charge in [-0.05, 0) is 54.8 Å². The number of ether oxygens (including phenoxy) is 2. The fourth-order valence-electron chi connectivity index (χ4n) is 4.74. The van der Waals surface area contributed by atoms with E-state index in [1.807, 2.05) is 24.3 Å². The third-order valence-corrected chi connectivity index (χ3v) is 7.19. The molecule has 4 aromatic rings. The number of aliphatic hydroxyl groups excluding tert-OH is 1. The summed E-state index contributed by atoms with van der Waals surface area (Å²) in [7, 11) is 1.68. The van der Waals surface area contributed by atoms with Gasteiger partial charge in [-0.3, -0.25) is 9.69 Å². The highest BCUT2D eigenvalue weighted by Gasteiger charge is 2.22. The number of aliphatic hydroxyl groups is 1. The standard InChI is InChI=1S/C29H33ClN6O4/c1-39-22-6-2-19(3-7-22)17-36-13-10-21(11-14-36)33-26-24(30)16-32-29-27(26)34-28(35-29)20-4-8-23(9-5-20)40-18-25(38)31-12-15-37/h2-9,16,21,37H,10-15,17-18H2,1H3,(H,31,38)(H2,32,33,34,35). The number of pyridine rings is 1. The van der Waals surface area contributed by atoms with Crippen LogP contribution in [-0.2, 0) is 11.3 Å². The van der Waals surface area contributed by atoms with Crippen molar-refractivity contribution in [1.29, 1.82) is 0 Å². The number of H-pyrrole nitrogens is 1. The van der Waals surface area contributed by atoms with Gasteiger partial charge in [0.1, 0.15) is 22.8 Å². The lowest BCUT2D eigenvalue weighted by atomic mass is 10.0. The van der Waals surface area contributed by atoms with E-state index in [4.69, 9.17) is 26.2 Å². The number of methoxy groups -OCH3 is 1. The van der Waals surface area contributed by atoms with Gasteiger partial charge >= 0.3 is 0 Å². The number of benzene rings is 2. The topological polar surface area (TPSA) is 125 Å². The fraction of sp³-hybridized carbons (Fsp3) is 0.345. The molecular weight excluding hydrogens is 532 g/mol. The van der Waals surface area contributed by atoms with Crippen molar-refractivity contribution in [2.45, 2.75) is 25.4 Å². The maximum Gasteiger partial charge on any atom is 0.258 e. The second kappa shape index (κ2) is 13.0. The van der Waals surface area contributed by atoms with Crippen LogP contribution < -0.4 is 20.1 Å². The van der Waals surface area contributed by atoms with Crippen LogP contribution in [0.1, 0.15) is 18.4 Å². The number of anilines is 1. The summed E-state index contributed by atoms with van der Waals surface area (Å²) in [5.41, 5.74) is 4.29. The van der Waals surface area contributed by atoms with Crippen molar-refractivity contribution in [2.24, 2.45) is 0 Å². The predicted octanol–water partition coefficient (Wildman–Crippen LogP) is 3.85. The normalized spacial score (nSPS) is 14.3. The van der Waals surface area contributed by atoms with E-state index in [0.29, 0.717) is 22.2 Å². The summed E-state index contributed by atoms with van der Waals surface area (Å²) in [6, 6.07) is 15.8. The van der Waals surface area contributed by atoms with E-state index in [1.54, 1.807) is 25.4 Å². The van der Waals surface area contributed by atoms with Gasteiger partial charge in [0.25, 0.3) is 5.91 Å². The van der Waals surface area contributed by atoms with Gasteiger partial charge in [-0.15, -0.1) is 0 Å². The summed E-state index contributed by atoms with van der Waals surface area (Å²) in [5, 5.41) is 15.5. The number of piperidine rings is 1. The van der Waals surface area contributed by atoms with Crippen LogP contribution in [0, 0.1) is 0 Å². The minimum atomic E-state index is -0.290. The number of imidazole rings is 1. The molecule has 210 valence electrons. The molecule has 0 aliphatic carbocycles. The Kier molecular flexibility index (Phi) is 9.00. The first-order valence-electron chi connectivity index (χ1n) is 13.3. The maximum atomic E-state index is 11.7. The minimum Gasteiger partial charge on any atom is -0.497 e. The molecule has 0 spiro atoms. The Hall–Kier alpha value is -3.86. The number of rotatable bonds is 11. The van der Waals surface area contributed by atoms with Crippen LogP contribution in [0.2, 0.25) is 5.02 Å². The van der Waals surface area contributed by atoms with E-state index in [0.717, 1.165) is 55.0 Å². The Morgan fingerprint density at radius 3 is 2.55 bits per heavy atom. The highest BCUT2D eigenvalue weighted by Crippen LogP contribution is 2.32. The molecule has 1 aliphatic rings. The number of halogens is 1. The molecule has 5 rings (SSSR count). The van der Waals surface area contributed by atoms with E-state index in [2.05, 4.69) is 42.6 Å². The van der Waals surface area contributed by atoms with Crippen LogP contribution in [0.25, 0.3) is 22.6 Å². The highest BCUT2D eigenvalue weighted by molar-refractivity contribution is 6.34. The lowest BCUT2D eigenvalue weighted by molar-refractivity contribution is -0.123. The highest BCUT2D eigenvalue weighted by atomic mass is 35.5. The Bertz CT molecular complexity index is 1420. The molecule has 0 bridgehead atoms. The number of aromatic nitrogens is 3. The third kappa shape index (κ3) is 6.82. The van der Waals surface area contributed by atoms with E-state index in [9.17, 15) is 4.79 Å². The van der Waals surface area contributed by atoms with Crippen molar-refractivity contribution in [3.05, 3.63) is 65.3 Å². The molecule has 2 aromatic heterocycles. The molecule has 1 saturated heterocycles. The predicted molar refractivity (Wildman–Crippen MR) is 155 cm³/mol. The van der Waals surface area contributed by atoms with Gasteiger partial charge < -0.3 is 30.2 Å². The van der Waals surface area contributed by atoms with Crippen molar-refractivity contribution < 1.29 is 19.4 Å². The molecule has 0 atom stereocenters. The van der Waals surface area contributed by atoms with Crippen LogP contribution in [0.15, 0.2) is 54.7 Å². The summed E-state index contributed by atoms with van der Waals surface area (Å²) in [6.07, 6.45) is 3.63. The van der Waals surface area contributed by atoms with Crippen molar-refractivity contribution in [3.63, 3.8) is 0 Å². The Morgan fingerprint density at radius 2 is 1.85 bits per heavy atom. The molecule has 11 heteroatoms. The average Bonchev–Trinajstić information content (AvgIpc) is 3.43. The van der Waals surface area contributed by atoms with Gasteiger partial charge in [-0.2, -0.15) is 0 Å². The number of nitrogens with one attached hydrogen (secondary N) is 3. The van der Waals surface area contributed by atoms with Gasteiger partial charge in [0.05, 0.1) is 30.6 Å². The second-order valence-electron chi connectivity index (χ2n) is 9.69. The van der Waals surface area contributed by atoms with E-state index in [1.165, 1.54) is 5.56 Å². The quantitative estimate of drug-likeness (QED) is 0.216. The molecule has 0 unspecified atom stereocenters. The molecule has 10 nitrogen and oxygen atoms in total. The molecule has 4 N–H and O–H groups in total. The first-order chi connectivity index (χ1) is 19.5. The minimum absolute atomic E-state index is 0.111. The van der Waals surface area contributed by atoms with Crippen LogP contribution in [-0.4, -0.2) is 76.9 Å². The number of fused-ring (bicyclic) bond motifs is 1. The average molecular weight is 565 g/mol. The lowest BCUT2D eigenvalue weighted by Crippen LogP contribution is -2.38. The van der Waals surface area contributed by atoms with Crippen molar-refractivity contribution in [3.8, 4) is 22.9 Å². The van der Waals surface area contributed by atoms with Gasteiger partial charge in [-0.25, -0.2) is 9.97 Å². The summed E-state index contributed by atoms with van der Waals surface area (Å²) < 4.78 is 10.8. The van der Waals surface area contributed by atoms with Gasteiger partial charge in [-0.1, -0.05) is 23.7 Å². The van der Waals surface area contributed by atoms with E-state index < -0.39 is 0 Å². The third-order valence-electron chi connectivity index (χ3n) is 6.91. The first-order valence-corrected chi connectivity index (χ1v) is 13.7. The number of carbonyl (C=O) groups excluding carboxylic acids is 1. The maximum absolute atomic E-state index is 11.7. The number of amides is 1. The molecule has 0 saturated carbocycles. The number of nitrogens with zero attached hydrogens (tertiary/aromatic N) is 3. The number of carbonyl (C=O) groups is 1. The summed E-state index contributed by atoms with van der Waals surface area (Å²) >= 11 is 6.59. The van der Waals surface area contributed by atoms with Crippen molar-refractivity contribution in [2.75, 3.05) is 45.3 Å². The molecule has 3 heterocycles. The zero-order chi connectivity index (χ0) is 27.9. The van der Waals surface area contributed by atoms with Crippen LogP contribution in [0.5, 0.6) is 11.5 Å². The van der Waals surface area contributed by atoms with Gasteiger partial charge in [0.15, 0.2) is 12.3 Å². The Balaban J connectivity index is 1.21. The van der Waals surface area contributed by atoms with E-state index in [-0.39, 0.29) is 31.7 Å². The van der Waals surface area contributed by atoms with Gasteiger partial charge in [0.2, 0.25) is 0 Å². The molecule has 2 aromatic carbocycles. The number of hydrogen-bond donors (Lipinski definition) is 4. The first kappa shape index (κ1) is 27.7. The summed E-state index contributed by atoms with van der Waals surface area (Å²) in [5.74, 6) is 1.80. The molecule has 1 aliphatic heterocycles. The molecule has 40 heavy (non-hydrogen) atoms. The zero-order valence-corrected chi connectivity index (χ0v) is 23.1.